The van der Waals surface area contributed by atoms with Crippen LogP contribution in [0, 0.1) is 11.8 Å². The number of rotatable bonds is 7. The molecular weight excluding hydrogens is 198 g/mol. The predicted molar refractivity (Wildman–Crippen MR) is 69.5 cm³/mol. The van der Waals surface area contributed by atoms with Crippen LogP contribution in [-0.2, 0) is 0 Å². The van der Waals surface area contributed by atoms with Crippen molar-refractivity contribution in [3.05, 3.63) is 0 Å². The van der Waals surface area contributed by atoms with E-state index in [4.69, 9.17) is 5.11 Å². The molecule has 2 nitrogen and oxygen atoms in total. The van der Waals surface area contributed by atoms with Gasteiger partial charge in [-0.1, -0.05) is 13.8 Å². The number of unbranched alkanes of at least 4 members (excludes halogenated alkanes) is 2. The minimum atomic E-state index is 0.347. The molecule has 0 unspecified atom stereocenters. The monoisotopic (exact) mass is 227 g/mol. The van der Waals surface area contributed by atoms with Crippen molar-refractivity contribution in [3.63, 3.8) is 0 Å². The molecule has 0 aromatic heterocycles. The maximum absolute atomic E-state index is 8.68. The smallest absolute Gasteiger partial charge is 0.0431 e. The van der Waals surface area contributed by atoms with Gasteiger partial charge in [0.25, 0.3) is 0 Å². The van der Waals surface area contributed by atoms with E-state index in [1.165, 1.54) is 32.1 Å². The van der Waals surface area contributed by atoms with Gasteiger partial charge in [0.15, 0.2) is 0 Å². The molecule has 1 saturated carbocycles. The van der Waals surface area contributed by atoms with Crippen molar-refractivity contribution >= 4 is 0 Å². The molecule has 0 heterocycles. The van der Waals surface area contributed by atoms with E-state index >= 15 is 0 Å². The van der Waals surface area contributed by atoms with Gasteiger partial charge in [-0.3, -0.25) is 0 Å². The molecule has 1 fully saturated rings. The van der Waals surface area contributed by atoms with E-state index in [-0.39, 0.29) is 0 Å². The Kier molecular flexibility index (Phi) is 7.06. The van der Waals surface area contributed by atoms with Gasteiger partial charge in [-0.25, -0.2) is 0 Å². The molecule has 0 aromatic carbocycles. The first-order chi connectivity index (χ1) is 7.74. The summed E-state index contributed by atoms with van der Waals surface area (Å²) in [6.45, 7) is 6.19. The summed E-state index contributed by atoms with van der Waals surface area (Å²) in [5, 5.41) is 12.3. The lowest BCUT2D eigenvalue weighted by atomic mass is 9.80. The van der Waals surface area contributed by atoms with Crippen LogP contribution < -0.4 is 5.32 Å². The highest BCUT2D eigenvalue weighted by atomic mass is 16.2. The van der Waals surface area contributed by atoms with E-state index in [1.54, 1.807) is 0 Å². The molecule has 16 heavy (non-hydrogen) atoms. The zero-order chi connectivity index (χ0) is 11.8. The first-order valence-electron chi connectivity index (χ1n) is 7.08. The molecule has 0 bridgehead atoms. The summed E-state index contributed by atoms with van der Waals surface area (Å²) < 4.78 is 0. The van der Waals surface area contributed by atoms with Crippen LogP contribution in [-0.4, -0.2) is 24.3 Å². The minimum Gasteiger partial charge on any atom is -0.396 e. The Morgan fingerprint density at radius 1 is 1.06 bits per heavy atom. The van der Waals surface area contributed by atoms with Crippen molar-refractivity contribution in [2.24, 2.45) is 11.8 Å². The van der Waals surface area contributed by atoms with Gasteiger partial charge in [-0.15, -0.1) is 0 Å². The Hall–Kier alpha value is -0.0800. The average molecular weight is 227 g/mol. The Morgan fingerprint density at radius 2 is 1.75 bits per heavy atom. The molecule has 0 saturated heterocycles. The van der Waals surface area contributed by atoms with E-state index in [0.717, 1.165) is 37.3 Å². The second kappa shape index (κ2) is 8.08. The molecule has 0 spiro atoms. The van der Waals surface area contributed by atoms with Crippen LogP contribution in [0.15, 0.2) is 0 Å². The molecule has 0 aromatic rings. The molecule has 0 radical (unpaired) electrons. The lowest BCUT2D eigenvalue weighted by Crippen LogP contribution is -2.34. The Morgan fingerprint density at radius 3 is 2.31 bits per heavy atom. The summed E-state index contributed by atoms with van der Waals surface area (Å²) >= 11 is 0. The van der Waals surface area contributed by atoms with E-state index in [9.17, 15) is 0 Å². The van der Waals surface area contributed by atoms with E-state index in [2.05, 4.69) is 19.2 Å². The molecule has 0 atom stereocenters. The highest BCUT2D eigenvalue weighted by molar-refractivity contribution is 4.78. The summed E-state index contributed by atoms with van der Waals surface area (Å²) in [6, 6.07) is 0.768. The molecular formula is C14H29NO. The minimum absolute atomic E-state index is 0.347. The number of aliphatic hydroxyl groups is 1. The van der Waals surface area contributed by atoms with Crippen LogP contribution in [0.4, 0.5) is 0 Å². The highest BCUT2D eigenvalue weighted by Crippen LogP contribution is 2.29. The molecule has 2 N–H and O–H groups in total. The van der Waals surface area contributed by atoms with Crippen molar-refractivity contribution < 1.29 is 5.11 Å². The first kappa shape index (κ1) is 14.0. The van der Waals surface area contributed by atoms with Crippen LogP contribution in [0.2, 0.25) is 0 Å². The van der Waals surface area contributed by atoms with Crippen molar-refractivity contribution in [1.29, 1.82) is 0 Å². The van der Waals surface area contributed by atoms with Gasteiger partial charge in [-0.2, -0.15) is 0 Å². The van der Waals surface area contributed by atoms with Crippen molar-refractivity contribution in [2.75, 3.05) is 13.2 Å². The summed E-state index contributed by atoms with van der Waals surface area (Å²) in [5.74, 6) is 1.83. The third kappa shape index (κ3) is 5.31. The van der Waals surface area contributed by atoms with Gasteiger partial charge in [0, 0.05) is 12.6 Å². The van der Waals surface area contributed by atoms with Crippen LogP contribution >= 0.6 is 0 Å². The fourth-order valence-electron chi connectivity index (χ4n) is 2.71. The van der Waals surface area contributed by atoms with Crippen LogP contribution in [0.5, 0.6) is 0 Å². The maximum Gasteiger partial charge on any atom is 0.0431 e. The summed E-state index contributed by atoms with van der Waals surface area (Å²) in [4.78, 5) is 0. The van der Waals surface area contributed by atoms with Crippen molar-refractivity contribution in [1.82, 2.24) is 5.32 Å². The van der Waals surface area contributed by atoms with E-state index in [0.29, 0.717) is 6.61 Å². The SMILES string of the molecule is CC(C)C1CCC(NCCCCCO)CC1. The van der Waals surface area contributed by atoms with E-state index in [1.807, 2.05) is 0 Å². The van der Waals surface area contributed by atoms with Crippen LogP contribution in [0.3, 0.4) is 0 Å². The van der Waals surface area contributed by atoms with Gasteiger partial charge in [-0.05, 0) is 63.3 Å². The van der Waals surface area contributed by atoms with Gasteiger partial charge in [0.1, 0.15) is 0 Å². The number of aliphatic hydroxyl groups excluding tert-OH is 1. The maximum atomic E-state index is 8.68. The second-order valence-corrected chi connectivity index (χ2v) is 5.59. The zero-order valence-electron chi connectivity index (χ0n) is 11.0. The lowest BCUT2D eigenvalue weighted by Gasteiger charge is -2.31. The quantitative estimate of drug-likeness (QED) is 0.655. The fraction of sp³-hybridized carbons (Fsp3) is 1.00. The molecule has 0 amide bonds. The Bertz CT molecular complexity index is 162. The molecule has 2 heteroatoms. The van der Waals surface area contributed by atoms with E-state index < -0.39 is 0 Å². The average Bonchev–Trinajstić information content (AvgIpc) is 2.29. The van der Waals surface area contributed by atoms with Gasteiger partial charge >= 0.3 is 0 Å². The van der Waals surface area contributed by atoms with Crippen LogP contribution in [0.25, 0.3) is 0 Å². The highest BCUT2D eigenvalue weighted by Gasteiger charge is 2.22. The molecule has 0 aliphatic heterocycles. The Balaban J connectivity index is 1.99. The molecule has 1 aliphatic rings. The number of hydrogen-bond donors (Lipinski definition) is 2. The largest absolute Gasteiger partial charge is 0.396 e. The topological polar surface area (TPSA) is 32.3 Å². The second-order valence-electron chi connectivity index (χ2n) is 5.59. The van der Waals surface area contributed by atoms with Gasteiger partial charge in [0.05, 0.1) is 0 Å². The fourth-order valence-corrected chi connectivity index (χ4v) is 2.71. The third-order valence-electron chi connectivity index (χ3n) is 3.98. The predicted octanol–water partition coefficient (Wildman–Crippen LogP) is 2.95. The first-order valence-corrected chi connectivity index (χ1v) is 7.08. The number of hydrogen-bond acceptors (Lipinski definition) is 2. The molecule has 1 rings (SSSR count). The molecule has 96 valence electrons. The summed E-state index contributed by atoms with van der Waals surface area (Å²) in [7, 11) is 0. The molecule has 1 aliphatic carbocycles. The van der Waals surface area contributed by atoms with Crippen LogP contribution in [0.1, 0.15) is 58.8 Å². The third-order valence-corrected chi connectivity index (χ3v) is 3.98. The summed E-state index contributed by atoms with van der Waals surface area (Å²) in [6.07, 6.45) is 8.88. The zero-order valence-corrected chi connectivity index (χ0v) is 11.0. The van der Waals surface area contributed by atoms with Crippen molar-refractivity contribution in [3.8, 4) is 0 Å². The van der Waals surface area contributed by atoms with Crippen molar-refractivity contribution in [2.45, 2.75) is 64.8 Å². The lowest BCUT2D eigenvalue weighted by molar-refractivity contribution is 0.237. The number of nitrogens with one attached hydrogen (secondary N) is 1. The normalized spacial score (nSPS) is 26.2. The standard InChI is InChI=1S/C14H29NO/c1-12(2)13-6-8-14(9-7-13)15-10-4-3-5-11-16/h12-16H,3-11H2,1-2H3. The Labute approximate surface area is 101 Å². The summed E-state index contributed by atoms with van der Waals surface area (Å²) in [5.41, 5.74) is 0. The van der Waals surface area contributed by atoms with Gasteiger partial charge in [0.2, 0.25) is 0 Å². The van der Waals surface area contributed by atoms with Gasteiger partial charge < -0.3 is 10.4 Å².